The molecule has 1 aliphatic rings. The number of amides is 1. The van der Waals surface area contributed by atoms with Crippen LogP contribution < -0.4 is 5.73 Å². The van der Waals surface area contributed by atoms with Gasteiger partial charge in [-0.15, -0.1) is 10.2 Å². The molecule has 16 heavy (non-hydrogen) atoms. The Balaban J connectivity index is 2.05. The molecule has 6 heteroatoms. The number of aliphatic hydroxyl groups is 1. The van der Waals surface area contributed by atoms with E-state index < -0.39 is 0 Å². The number of carbonyl (C=O) groups is 1. The summed E-state index contributed by atoms with van der Waals surface area (Å²) in [5.74, 6) is 0.334. The number of anilines is 1. The van der Waals surface area contributed by atoms with E-state index in [1.165, 1.54) is 0 Å². The molecule has 2 heterocycles. The number of rotatable bonds is 2. The van der Waals surface area contributed by atoms with Gasteiger partial charge in [0, 0.05) is 25.6 Å². The molecule has 2 rings (SSSR count). The van der Waals surface area contributed by atoms with E-state index in [0.29, 0.717) is 24.6 Å². The molecule has 6 nitrogen and oxygen atoms in total. The van der Waals surface area contributed by atoms with Gasteiger partial charge in [0.05, 0.1) is 0 Å². The molecule has 1 aromatic rings. The highest BCUT2D eigenvalue weighted by Gasteiger charge is 2.27. The fourth-order valence-electron chi connectivity index (χ4n) is 1.78. The maximum atomic E-state index is 11.9. The molecule has 86 valence electrons. The first-order valence-corrected chi connectivity index (χ1v) is 5.20. The zero-order valence-corrected chi connectivity index (χ0v) is 8.83. The molecule has 1 atom stereocenters. The van der Waals surface area contributed by atoms with Gasteiger partial charge in [-0.1, -0.05) is 0 Å². The molecule has 0 saturated carbocycles. The Kier molecular flexibility index (Phi) is 3.00. The number of nitrogen functional groups attached to an aromatic ring is 1. The first-order chi connectivity index (χ1) is 7.70. The van der Waals surface area contributed by atoms with Crippen LogP contribution in [0.15, 0.2) is 12.1 Å². The number of aromatic nitrogens is 2. The lowest BCUT2D eigenvalue weighted by Gasteiger charge is -2.14. The standard InChI is InChI=1S/C10H14N4O2/c11-9-2-1-8(12-13-9)10(16)14-4-3-7(5-14)6-15/h1-2,7,15H,3-6H2,(H2,11,13). The fourth-order valence-corrected chi connectivity index (χ4v) is 1.78. The minimum absolute atomic E-state index is 0.122. The minimum Gasteiger partial charge on any atom is -0.396 e. The topological polar surface area (TPSA) is 92.3 Å². The SMILES string of the molecule is Nc1ccc(C(=O)N2CCC(CO)C2)nn1. The van der Waals surface area contributed by atoms with Crippen molar-refractivity contribution >= 4 is 11.7 Å². The van der Waals surface area contributed by atoms with Crippen molar-refractivity contribution in [2.75, 3.05) is 25.4 Å². The van der Waals surface area contributed by atoms with E-state index in [1.54, 1.807) is 17.0 Å². The summed E-state index contributed by atoms with van der Waals surface area (Å²) in [6.07, 6.45) is 0.838. The average molecular weight is 222 g/mol. The van der Waals surface area contributed by atoms with Crippen LogP contribution in [0.25, 0.3) is 0 Å². The maximum absolute atomic E-state index is 11.9. The maximum Gasteiger partial charge on any atom is 0.274 e. The molecule has 0 radical (unpaired) electrons. The molecule has 1 saturated heterocycles. The molecule has 0 bridgehead atoms. The van der Waals surface area contributed by atoms with E-state index in [-0.39, 0.29) is 18.4 Å². The molecule has 1 aromatic heterocycles. The molecule has 3 N–H and O–H groups in total. The normalized spacial score (nSPS) is 20.1. The van der Waals surface area contributed by atoms with E-state index in [9.17, 15) is 4.79 Å². The summed E-state index contributed by atoms with van der Waals surface area (Å²) in [5, 5.41) is 16.4. The quantitative estimate of drug-likeness (QED) is 0.704. The molecular weight excluding hydrogens is 208 g/mol. The zero-order chi connectivity index (χ0) is 11.5. The Morgan fingerprint density at radius 2 is 2.38 bits per heavy atom. The second-order valence-electron chi connectivity index (χ2n) is 3.93. The van der Waals surface area contributed by atoms with Crippen LogP contribution in [0.3, 0.4) is 0 Å². The molecule has 0 aliphatic carbocycles. The molecule has 0 aromatic carbocycles. The monoisotopic (exact) mass is 222 g/mol. The number of nitrogens with two attached hydrogens (primary N) is 1. The second kappa shape index (κ2) is 4.44. The van der Waals surface area contributed by atoms with E-state index in [2.05, 4.69) is 10.2 Å². The number of hydrogen-bond donors (Lipinski definition) is 2. The summed E-state index contributed by atoms with van der Waals surface area (Å²) in [4.78, 5) is 13.6. The fraction of sp³-hybridized carbons (Fsp3) is 0.500. The summed E-state index contributed by atoms with van der Waals surface area (Å²) < 4.78 is 0. The van der Waals surface area contributed by atoms with Gasteiger partial charge in [0.2, 0.25) is 0 Å². The van der Waals surface area contributed by atoms with Crippen molar-refractivity contribution in [1.82, 2.24) is 15.1 Å². The van der Waals surface area contributed by atoms with Crippen molar-refractivity contribution in [3.05, 3.63) is 17.8 Å². The van der Waals surface area contributed by atoms with E-state index >= 15 is 0 Å². The van der Waals surface area contributed by atoms with E-state index in [1.807, 2.05) is 0 Å². The van der Waals surface area contributed by atoms with Crippen LogP contribution in [0.2, 0.25) is 0 Å². The summed E-state index contributed by atoms with van der Waals surface area (Å²) in [7, 11) is 0. The van der Waals surface area contributed by atoms with Gasteiger partial charge in [-0.25, -0.2) is 0 Å². The zero-order valence-electron chi connectivity index (χ0n) is 8.83. The van der Waals surface area contributed by atoms with Crippen LogP contribution in [0.5, 0.6) is 0 Å². The van der Waals surface area contributed by atoms with Gasteiger partial charge in [0.1, 0.15) is 5.82 Å². The van der Waals surface area contributed by atoms with Gasteiger partial charge in [0.25, 0.3) is 5.91 Å². The van der Waals surface area contributed by atoms with Crippen molar-refractivity contribution in [2.45, 2.75) is 6.42 Å². The first-order valence-electron chi connectivity index (χ1n) is 5.20. The number of hydrogen-bond acceptors (Lipinski definition) is 5. The molecular formula is C10H14N4O2. The third kappa shape index (κ3) is 2.11. The molecule has 1 unspecified atom stereocenters. The summed E-state index contributed by atoms with van der Waals surface area (Å²) in [5.41, 5.74) is 5.69. The van der Waals surface area contributed by atoms with Gasteiger partial charge < -0.3 is 15.7 Å². The predicted octanol–water partition coefficient (Wildman–Crippen LogP) is -0.487. The predicted molar refractivity (Wildman–Crippen MR) is 57.5 cm³/mol. The van der Waals surface area contributed by atoms with Crippen LogP contribution in [0.4, 0.5) is 5.82 Å². The van der Waals surface area contributed by atoms with Crippen molar-refractivity contribution < 1.29 is 9.90 Å². The Hall–Kier alpha value is -1.69. The number of aliphatic hydroxyl groups excluding tert-OH is 1. The lowest BCUT2D eigenvalue weighted by Crippen LogP contribution is -2.30. The van der Waals surface area contributed by atoms with Gasteiger partial charge in [-0.2, -0.15) is 0 Å². The van der Waals surface area contributed by atoms with Crippen LogP contribution in [0, 0.1) is 5.92 Å². The van der Waals surface area contributed by atoms with Gasteiger partial charge >= 0.3 is 0 Å². The Bertz CT molecular complexity index is 379. The molecule has 1 aliphatic heterocycles. The Morgan fingerprint density at radius 1 is 1.56 bits per heavy atom. The highest BCUT2D eigenvalue weighted by atomic mass is 16.3. The Labute approximate surface area is 93.1 Å². The number of nitrogens with zero attached hydrogens (tertiary/aromatic N) is 3. The van der Waals surface area contributed by atoms with Crippen molar-refractivity contribution in [3.8, 4) is 0 Å². The van der Waals surface area contributed by atoms with Crippen LogP contribution in [0.1, 0.15) is 16.9 Å². The van der Waals surface area contributed by atoms with Crippen molar-refractivity contribution in [1.29, 1.82) is 0 Å². The molecule has 1 amide bonds. The largest absolute Gasteiger partial charge is 0.396 e. The molecule has 1 fully saturated rings. The lowest BCUT2D eigenvalue weighted by molar-refractivity contribution is 0.0775. The van der Waals surface area contributed by atoms with Crippen LogP contribution in [-0.2, 0) is 0 Å². The number of likely N-dealkylation sites (tertiary alicyclic amines) is 1. The van der Waals surface area contributed by atoms with E-state index in [0.717, 1.165) is 6.42 Å². The summed E-state index contributed by atoms with van der Waals surface area (Å²) >= 11 is 0. The average Bonchev–Trinajstić information content (AvgIpc) is 2.77. The van der Waals surface area contributed by atoms with Crippen molar-refractivity contribution in [2.24, 2.45) is 5.92 Å². The first kappa shape index (κ1) is 10.8. The molecule has 0 spiro atoms. The van der Waals surface area contributed by atoms with Crippen LogP contribution in [-0.4, -0.2) is 45.8 Å². The van der Waals surface area contributed by atoms with Gasteiger partial charge in [0.15, 0.2) is 5.69 Å². The van der Waals surface area contributed by atoms with Gasteiger partial charge in [-0.05, 0) is 18.6 Å². The third-order valence-corrected chi connectivity index (χ3v) is 2.74. The second-order valence-corrected chi connectivity index (χ2v) is 3.93. The smallest absolute Gasteiger partial charge is 0.274 e. The third-order valence-electron chi connectivity index (χ3n) is 2.74. The Morgan fingerprint density at radius 3 is 2.94 bits per heavy atom. The van der Waals surface area contributed by atoms with Crippen LogP contribution >= 0.6 is 0 Å². The number of carbonyl (C=O) groups excluding carboxylic acids is 1. The summed E-state index contributed by atoms with van der Waals surface area (Å²) in [6.45, 7) is 1.37. The summed E-state index contributed by atoms with van der Waals surface area (Å²) in [6, 6.07) is 3.12. The van der Waals surface area contributed by atoms with Crippen molar-refractivity contribution in [3.63, 3.8) is 0 Å². The highest BCUT2D eigenvalue weighted by Crippen LogP contribution is 2.17. The lowest BCUT2D eigenvalue weighted by atomic mass is 10.1. The van der Waals surface area contributed by atoms with Gasteiger partial charge in [-0.3, -0.25) is 4.79 Å². The highest BCUT2D eigenvalue weighted by molar-refractivity contribution is 5.92. The van der Waals surface area contributed by atoms with E-state index in [4.69, 9.17) is 10.8 Å². The minimum atomic E-state index is -0.150.